The fraction of sp³-hybridized carbons (Fsp3) is 0.533. The maximum absolute atomic E-state index is 11.1. The van der Waals surface area contributed by atoms with E-state index >= 15 is 0 Å². The summed E-state index contributed by atoms with van der Waals surface area (Å²) in [6.07, 6.45) is 1.91. The second-order valence-corrected chi connectivity index (χ2v) is 6.00. The Hall–Kier alpha value is -1.22. The number of benzene rings is 1. The normalized spacial score (nSPS) is 16.5. The standard InChI is InChI=1S/C15H19ClO3/c1-9(2)10-6-11(14(19-3)12(16)7-10)15(4-5-15)8-13(17)18/h6-7,9H,4-5,8H2,1-3H3,(H,17,18). The van der Waals surface area contributed by atoms with Crippen molar-refractivity contribution in [2.75, 3.05) is 7.11 Å². The van der Waals surface area contributed by atoms with Gasteiger partial charge in [0.2, 0.25) is 0 Å². The number of carboxylic acids is 1. The summed E-state index contributed by atoms with van der Waals surface area (Å²) >= 11 is 6.28. The molecule has 0 unspecified atom stereocenters. The first kappa shape index (κ1) is 14.2. The molecule has 0 spiro atoms. The quantitative estimate of drug-likeness (QED) is 0.888. The number of carbonyl (C=O) groups is 1. The van der Waals surface area contributed by atoms with Crippen molar-refractivity contribution < 1.29 is 14.6 Å². The fourth-order valence-corrected chi connectivity index (χ4v) is 2.84. The lowest BCUT2D eigenvalue weighted by Crippen LogP contribution is -2.15. The predicted molar refractivity (Wildman–Crippen MR) is 75.3 cm³/mol. The van der Waals surface area contributed by atoms with Crippen LogP contribution in [-0.2, 0) is 10.2 Å². The number of halogens is 1. The summed E-state index contributed by atoms with van der Waals surface area (Å²) in [6, 6.07) is 3.97. The van der Waals surface area contributed by atoms with Gasteiger partial charge in [-0.15, -0.1) is 0 Å². The Balaban J connectivity index is 2.51. The molecule has 19 heavy (non-hydrogen) atoms. The molecule has 0 aromatic heterocycles. The van der Waals surface area contributed by atoms with Crippen molar-refractivity contribution in [2.24, 2.45) is 0 Å². The molecule has 0 aliphatic heterocycles. The molecule has 104 valence electrons. The molecular weight excluding hydrogens is 264 g/mol. The first-order valence-corrected chi connectivity index (χ1v) is 6.87. The minimum Gasteiger partial charge on any atom is -0.495 e. The zero-order valence-electron chi connectivity index (χ0n) is 11.5. The van der Waals surface area contributed by atoms with Gasteiger partial charge in [0.15, 0.2) is 0 Å². The van der Waals surface area contributed by atoms with E-state index < -0.39 is 5.97 Å². The average molecular weight is 283 g/mol. The summed E-state index contributed by atoms with van der Waals surface area (Å²) in [6.45, 7) is 4.19. The highest BCUT2D eigenvalue weighted by Crippen LogP contribution is 2.55. The van der Waals surface area contributed by atoms with E-state index in [4.69, 9.17) is 21.4 Å². The number of methoxy groups -OCH3 is 1. The lowest BCUT2D eigenvalue weighted by molar-refractivity contribution is -0.137. The Bertz CT molecular complexity index is 504. The summed E-state index contributed by atoms with van der Waals surface area (Å²) in [7, 11) is 1.58. The SMILES string of the molecule is COc1c(Cl)cc(C(C)C)cc1C1(CC(=O)O)CC1. The predicted octanol–water partition coefficient (Wildman–Crippen LogP) is 3.98. The summed E-state index contributed by atoms with van der Waals surface area (Å²) in [5.41, 5.74) is 1.79. The maximum Gasteiger partial charge on any atom is 0.304 e. The van der Waals surface area contributed by atoms with Crippen molar-refractivity contribution in [2.45, 2.75) is 44.4 Å². The molecular formula is C15H19ClO3. The van der Waals surface area contributed by atoms with Crippen LogP contribution >= 0.6 is 11.6 Å². The molecule has 1 aromatic rings. The highest BCUT2D eigenvalue weighted by atomic mass is 35.5. The molecule has 0 atom stereocenters. The van der Waals surface area contributed by atoms with Gasteiger partial charge in [0.05, 0.1) is 18.6 Å². The van der Waals surface area contributed by atoms with E-state index in [2.05, 4.69) is 19.9 Å². The third-order valence-corrected chi connectivity index (χ3v) is 4.13. The third kappa shape index (κ3) is 2.71. The maximum atomic E-state index is 11.1. The van der Waals surface area contributed by atoms with E-state index in [0.717, 1.165) is 24.0 Å². The summed E-state index contributed by atoms with van der Waals surface area (Å²) < 4.78 is 5.39. The molecule has 1 aliphatic rings. The Kier molecular flexibility index (Phi) is 3.77. The lowest BCUT2D eigenvalue weighted by Gasteiger charge is -2.20. The lowest BCUT2D eigenvalue weighted by atomic mass is 9.88. The number of hydrogen-bond acceptors (Lipinski definition) is 2. The van der Waals surface area contributed by atoms with E-state index in [1.54, 1.807) is 7.11 Å². The molecule has 0 bridgehead atoms. The van der Waals surface area contributed by atoms with E-state index in [1.807, 2.05) is 6.07 Å². The fourth-order valence-electron chi connectivity index (χ4n) is 2.53. The molecule has 3 nitrogen and oxygen atoms in total. The minimum absolute atomic E-state index is 0.140. The molecule has 0 heterocycles. The zero-order chi connectivity index (χ0) is 14.2. The van der Waals surface area contributed by atoms with Gasteiger partial charge in [-0.2, -0.15) is 0 Å². The highest BCUT2D eigenvalue weighted by Gasteiger charge is 2.48. The number of aliphatic carboxylic acids is 1. The van der Waals surface area contributed by atoms with Gasteiger partial charge in [-0.05, 0) is 30.4 Å². The van der Waals surface area contributed by atoms with E-state index in [-0.39, 0.29) is 11.8 Å². The van der Waals surface area contributed by atoms with Gasteiger partial charge in [-0.25, -0.2) is 0 Å². The Morgan fingerprint density at radius 1 is 1.47 bits per heavy atom. The van der Waals surface area contributed by atoms with Gasteiger partial charge in [0.1, 0.15) is 5.75 Å². The Morgan fingerprint density at radius 3 is 2.53 bits per heavy atom. The Labute approximate surface area is 118 Å². The van der Waals surface area contributed by atoms with E-state index in [0.29, 0.717) is 16.7 Å². The minimum atomic E-state index is -0.773. The molecule has 0 saturated heterocycles. The molecule has 0 radical (unpaired) electrons. The molecule has 0 amide bonds. The summed E-state index contributed by atoms with van der Waals surface area (Å²) in [5.74, 6) is 0.207. The number of carboxylic acid groups (broad SMARTS) is 1. The molecule has 1 aromatic carbocycles. The van der Waals surface area contributed by atoms with Gasteiger partial charge in [0.25, 0.3) is 0 Å². The van der Waals surface area contributed by atoms with Crippen LogP contribution in [-0.4, -0.2) is 18.2 Å². The van der Waals surface area contributed by atoms with Crippen LogP contribution in [0.1, 0.15) is 50.2 Å². The molecule has 1 N–H and O–H groups in total. The largest absolute Gasteiger partial charge is 0.495 e. The average Bonchev–Trinajstić information content (AvgIpc) is 3.07. The van der Waals surface area contributed by atoms with Crippen LogP contribution in [0.25, 0.3) is 0 Å². The van der Waals surface area contributed by atoms with Crippen molar-refractivity contribution in [1.82, 2.24) is 0 Å². The van der Waals surface area contributed by atoms with Gasteiger partial charge < -0.3 is 9.84 Å². The van der Waals surface area contributed by atoms with Gasteiger partial charge in [-0.1, -0.05) is 31.5 Å². The molecule has 2 rings (SSSR count). The van der Waals surface area contributed by atoms with Crippen molar-refractivity contribution in [3.8, 4) is 5.75 Å². The molecule has 1 aliphatic carbocycles. The smallest absolute Gasteiger partial charge is 0.304 e. The summed E-state index contributed by atoms with van der Waals surface area (Å²) in [4.78, 5) is 11.1. The van der Waals surface area contributed by atoms with Crippen LogP contribution in [0, 0.1) is 0 Å². The van der Waals surface area contributed by atoms with Crippen molar-refractivity contribution >= 4 is 17.6 Å². The van der Waals surface area contributed by atoms with Crippen LogP contribution in [0.3, 0.4) is 0 Å². The van der Waals surface area contributed by atoms with Crippen LogP contribution < -0.4 is 4.74 Å². The molecule has 1 fully saturated rings. The molecule has 4 heteroatoms. The summed E-state index contributed by atoms with van der Waals surface area (Å²) in [5, 5.41) is 9.66. The van der Waals surface area contributed by atoms with Crippen molar-refractivity contribution in [3.63, 3.8) is 0 Å². The van der Waals surface area contributed by atoms with Crippen molar-refractivity contribution in [1.29, 1.82) is 0 Å². The second-order valence-electron chi connectivity index (χ2n) is 5.59. The van der Waals surface area contributed by atoms with Gasteiger partial charge >= 0.3 is 5.97 Å². The van der Waals surface area contributed by atoms with Gasteiger partial charge in [0, 0.05) is 11.0 Å². The third-order valence-electron chi connectivity index (χ3n) is 3.85. The van der Waals surface area contributed by atoms with Gasteiger partial charge in [-0.3, -0.25) is 4.79 Å². The Morgan fingerprint density at radius 2 is 2.11 bits per heavy atom. The first-order chi connectivity index (χ1) is 8.89. The van der Waals surface area contributed by atoms with Crippen LogP contribution in [0.15, 0.2) is 12.1 Å². The number of hydrogen-bond donors (Lipinski definition) is 1. The number of ether oxygens (including phenoxy) is 1. The van der Waals surface area contributed by atoms with Crippen LogP contribution in [0.2, 0.25) is 5.02 Å². The van der Waals surface area contributed by atoms with Crippen LogP contribution in [0.4, 0.5) is 0 Å². The van der Waals surface area contributed by atoms with E-state index in [9.17, 15) is 4.79 Å². The van der Waals surface area contributed by atoms with Crippen LogP contribution in [0.5, 0.6) is 5.75 Å². The first-order valence-electron chi connectivity index (χ1n) is 6.49. The highest BCUT2D eigenvalue weighted by molar-refractivity contribution is 6.32. The second kappa shape index (κ2) is 5.04. The monoisotopic (exact) mass is 282 g/mol. The van der Waals surface area contributed by atoms with Crippen molar-refractivity contribution in [3.05, 3.63) is 28.3 Å². The molecule has 1 saturated carbocycles. The zero-order valence-corrected chi connectivity index (χ0v) is 12.3. The van der Waals surface area contributed by atoms with E-state index in [1.165, 1.54) is 0 Å². The number of rotatable bonds is 5. The topological polar surface area (TPSA) is 46.5 Å².